The highest BCUT2D eigenvalue weighted by Crippen LogP contribution is 2.39. The van der Waals surface area contributed by atoms with E-state index in [1.165, 1.54) is 17.2 Å². The van der Waals surface area contributed by atoms with Gasteiger partial charge in [-0.25, -0.2) is 4.98 Å². The lowest BCUT2D eigenvalue weighted by atomic mass is 9.87. The van der Waals surface area contributed by atoms with Crippen LogP contribution in [0.25, 0.3) is 17.1 Å². The Morgan fingerprint density at radius 1 is 1.21 bits per heavy atom. The lowest BCUT2D eigenvalue weighted by Gasteiger charge is -2.28. The third-order valence-electron chi connectivity index (χ3n) is 6.42. The highest BCUT2D eigenvalue weighted by atomic mass is 16.1. The van der Waals surface area contributed by atoms with Gasteiger partial charge in [0, 0.05) is 35.2 Å². The number of amides is 1. The van der Waals surface area contributed by atoms with E-state index in [1.54, 1.807) is 30.6 Å². The largest absolute Gasteiger partial charge is 0.322 e. The molecular formula is C28H25N5O. The summed E-state index contributed by atoms with van der Waals surface area (Å²) in [4.78, 5) is 21.5. The molecule has 168 valence electrons. The van der Waals surface area contributed by atoms with Crippen molar-refractivity contribution in [1.82, 2.24) is 14.5 Å². The van der Waals surface area contributed by atoms with E-state index >= 15 is 0 Å². The molecule has 0 bridgehead atoms. The minimum absolute atomic E-state index is 0.0474. The first-order valence-corrected chi connectivity index (χ1v) is 11.5. The van der Waals surface area contributed by atoms with Crippen LogP contribution in [0.5, 0.6) is 0 Å². The second kappa shape index (κ2) is 8.95. The van der Waals surface area contributed by atoms with Crippen LogP contribution in [0.3, 0.4) is 0 Å². The number of hydrogen-bond donors (Lipinski definition) is 1. The van der Waals surface area contributed by atoms with Crippen LogP contribution < -0.4 is 5.32 Å². The molecule has 0 aliphatic heterocycles. The van der Waals surface area contributed by atoms with Crippen LogP contribution in [-0.4, -0.2) is 20.4 Å². The number of carbonyl (C=O) groups excluding carboxylic acids is 1. The van der Waals surface area contributed by atoms with E-state index in [2.05, 4.69) is 45.2 Å². The average Bonchev–Trinajstić information content (AvgIpc) is 3.16. The van der Waals surface area contributed by atoms with Gasteiger partial charge < -0.3 is 9.88 Å². The van der Waals surface area contributed by atoms with Gasteiger partial charge >= 0.3 is 0 Å². The van der Waals surface area contributed by atoms with E-state index in [0.29, 0.717) is 16.9 Å². The fourth-order valence-electron chi connectivity index (χ4n) is 5.03. The number of rotatable bonds is 4. The number of aromatic nitrogens is 3. The van der Waals surface area contributed by atoms with E-state index in [4.69, 9.17) is 4.98 Å². The Kier molecular flexibility index (Phi) is 5.69. The van der Waals surface area contributed by atoms with Crippen molar-refractivity contribution in [3.63, 3.8) is 0 Å². The van der Waals surface area contributed by atoms with Gasteiger partial charge in [-0.3, -0.25) is 9.78 Å². The zero-order valence-electron chi connectivity index (χ0n) is 19.2. The van der Waals surface area contributed by atoms with Crippen molar-refractivity contribution in [1.29, 1.82) is 5.26 Å². The molecule has 1 N–H and O–H groups in total. The Balaban J connectivity index is 1.68. The number of anilines is 1. The molecule has 4 aromatic rings. The molecule has 1 aromatic carbocycles. The average molecular weight is 448 g/mol. The minimum atomic E-state index is -0.267. The highest BCUT2D eigenvalue weighted by molar-refractivity contribution is 6.03. The molecule has 0 radical (unpaired) electrons. The molecule has 1 aliphatic carbocycles. The smallest absolute Gasteiger partial charge is 0.248 e. The molecule has 6 heteroatoms. The van der Waals surface area contributed by atoms with Crippen molar-refractivity contribution in [3.05, 3.63) is 94.6 Å². The standard InChI is InChI=1S/C28H25N5O/c1-18-16-19(2)31-28-27(18)23(17-29)25(10-11-26(34)32-21-12-14-30-15-13-21)33(28)24-9-5-7-20-6-3-4-8-22(20)24/h3-4,6,8,10-16,24H,5,7,9H2,1-2H3,(H,30,32,34). The summed E-state index contributed by atoms with van der Waals surface area (Å²) in [5, 5.41) is 13.9. The fraction of sp³-hybridized carbons (Fsp3) is 0.214. The maximum absolute atomic E-state index is 12.7. The van der Waals surface area contributed by atoms with E-state index in [-0.39, 0.29) is 11.9 Å². The summed E-state index contributed by atoms with van der Waals surface area (Å²) in [6.45, 7) is 3.99. The van der Waals surface area contributed by atoms with Crippen molar-refractivity contribution in [2.24, 2.45) is 0 Å². The van der Waals surface area contributed by atoms with Crippen LogP contribution in [0.1, 0.15) is 52.5 Å². The molecule has 1 atom stereocenters. The second-order valence-corrected chi connectivity index (χ2v) is 8.69. The maximum Gasteiger partial charge on any atom is 0.248 e. The first-order chi connectivity index (χ1) is 16.6. The molecular weight excluding hydrogens is 422 g/mol. The van der Waals surface area contributed by atoms with Gasteiger partial charge in [0.2, 0.25) is 5.91 Å². The quantitative estimate of drug-likeness (QED) is 0.419. The fourth-order valence-corrected chi connectivity index (χ4v) is 5.03. The third-order valence-corrected chi connectivity index (χ3v) is 6.42. The molecule has 5 rings (SSSR count). The summed E-state index contributed by atoms with van der Waals surface area (Å²) in [6.07, 6.45) is 9.54. The van der Waals surface area contributed by atoms with Crippen LogP contribution in [0.4, 0.5) is 5.69 Å². The van der Waals surface area contributed by atoms with Gasteiger partial charge in [0.1, 0.15) is 11.7 Å². The summed E-state index contributed by atoms with van der Waals surface area (Å²) in [5.41, 5.74) is 7.23. The normalized spacial score (nSPS) is 15.3. The molecule has 1 amide bonds. The number of pyridine rings is 2. The molecule has 1 unspecified atom stereocenters. The van der Waals surface area contributed by atoms with E-state index in [9.17, 15) is 10.1 Å². The first kappa shape index (κ1) is 21.6. The number of aryl methyl sites for hydroxylation is 3. The third kappa shape index (κ3) is 3.86. The Morgan fingerprint density at radius 3 is 2.79 bits per heavy atom. The van der Waals surface area contributed by atoms with Gasteiger partial charge in [0.15, 0.2) is 0 Å². The van der Waals surface area contributed by atoms with Gasteiger partial charge in [-0.1, -0.05) is 24.3 Å². The molecule has 6 nitrogen and oxygen atoms in total. The molecule has 0 spiro atoms. The zero-order chi connectivity index (χ0) is 23.7. The van der Waals surface area contributed by atoms with Crippen LogP contribution in [-0.2, 0) is 11.2 Å². The topological polar surface area (TPSA) is 83.6 Å². The summed E-state index contributed by atoms with van der Waals surface area (Å²) in [5.74, 6) is -0.267. The summed E-state index contributed by atoms with van der Waals surface area (Å²) in [7, 11) is 0. The number of benzene rings is 1. The van der Waals surface area contributed by atoms with E-state index in [1.807, 2.05) is 19.9 Å². The Morgan fingerprint density at radius 2 is 2.00 bits per heavy atom. The summed E-state index contributed by atoms with van der Waals surface area (Å²) < 4.78 is 2.17. The van der Waals surface area contributed by atoms with Crippen molar-refractivity contribution >= 4 is 28.7 Å². The SMILES string of the molecule is Cc1cc(C)c2c(C#N)c(C=CC(=O)Nc3ccncc3)n(C3CCCc4ccccc43)c2n1. The molecule has 0 saturated heterocycles. The first-order valence-electron chi connectivity index (χ1n) is 11.5. The van der Waals surface area contributed by atoms with Crippen LogP contribution in [0.2, 0.25) is 0 Å². The molecule has 3 aromatic heterocycles. The highest BCUT2D eigenvalue weighted by Gasteiger charge is 2.28. The Labute approximate surface area is 198 Å². The van der Waals surface area contributed by atoms with Gasteiger partial charge in [-0.05, 0) is 74.1 Å². The van der Waals surface area contributed by atoms with Crippen molar-refractivity contribution in [3.8, 4) is 6.07 Å². The predicted molar refractivity (Wildman–Crippen MR) is 133 cm³/mol. The van der Waals surface area contributed by atoms with E-state index < -0.39 is 0 Å². The van der Waals surface area contributed by atoms with E-state index in [0.717, 1.165) is 41.6 Å². The van der Waals surface area contributed by atoms with Crippen LogP contribution in [0.15, 0.2) is 60.9 Å². The number of nitrogens with zero attached hydrogens (tertiary/aromatic N) is 4. The maximum atomic E-state index is 12.7. The van der Waals surface area contributed by atoms with Crippen LogP contribution >= 0.6 is 0 Å². The van der Waals surface area contributed by atoms with Gasteiger partial charge in [-0.2, -0.15) is 5.26 Å². The molecule has 34 heavy (non-hydrogen) atoms. The molecule has 0 saturated carbocycles. The lowest BCUT2D eigenvalue weighted by Crippen LogP contribution is -2.19. The number of nitrogens with one attached hydrogen (secondary N) is 1. The predicted octanol–water partition coefficient (Wildman–Crippen LogP) is 5.50. The second-order valence-electron chi connectivity index (χ2n) is 8.69. The monoisotopic (exact) mass is 447 g/mol. The number of carbonyl (C=O) groups is 1. The Bertz CT molecular complexity index is 1460. The number of fused-ring (bicyclic) bond motifs is 2. The Hall–Kier alpha value is -4.24. The zero-order valence-corrected chi connectivity index (χ0v) is 19.2. The van der Waals surface area contributed by atoms with Gasteiger partial charge in [0.05, 0.1) is 17.3 Å². The molecule has 0 fully saturated rings. The summed E-state index contributed by atoms with van der Waals surface area (Å²) >= 11 is 0. The van der Waals surface area contributed by atoms with Crippen molar-refractivity contribution < 1.29 is 4.79 Å². The molecule has 3 heterocycles. The van der Waals surface area contributed by atoms with Crippen molar-refractivity contribution in [2.75, 3.05) is 5.32 Å². The van der Waals surface area contributed by atoms with Crippen molar-refractivity contribution in [2.45, 2.75) is 39.2 Å². The number of hydrogen-bond acceptors (Lipinski definition) is 4. The summed E-state index contributed by atoms with van der Waals surface area (Å²) in [6, 6.07) is 16.4. The van der Waals surface area contributed by atoms with Gasteiger partial charge in [0.25, 0.3) is 0 Å². The number of nitriles is 1. The van der Waals surface area contributed by atoms with Gasteiger partial charge in [-0.15, -0.1) is 0 Å². The minimum Gasteiger partial charge on any atom is -0.322 e. The lowest BCUT2D eigenvalue weighted by molar-refractivity contribution is -0.111. The molecule has 1 aliphatic rings. The van der Waals surface area contributed by atoms with Crippen LogP contribution in [0, 0.1) is 25.2 Å².